The smallest absolute Gasteiger partial charge is 0.338 e. The Morgan fingerprint density at radius 2 is 1.61 bits per heavy atom. The predicted molar refractivity (Wildman–Crippen MR) is 129 cm³/mol. The van der Waals surface area contributed by atoms with Crippen LogP contribution in [0.15, 0.2) is 72.8 Å². The van der Waals surface area contributed by atoms with Crippen molar-refractivity contribution in [2.45, 2.75) is 20.4 Å². The molecule has 7 nitrogen and oxygen atoms in total. The first-order chi connectivity index (χ1) is 15.7. The monoisotopic (exact) mass is 466 g/mol. The molecule has 1 N–H and O–H groups in total. The second-order valence-corrected chi connectivity index (χ2v) is 9.36. The molecule has 0 spiro atoms. The fraction of sp³-hybridized carbons (Fsp3) is 0.200. The van der Waals surface area contributed by atoms with Crippen molar-refractivity contribution < 1.29 is 22.7 Å². The lowest BCUT2D eigenvalue weighted by atomic mass is 10.1. The van der Waals surface area contributed by atoms with E-state index in [1.54, 1.807) is 80.6 Å². The molecule has 172 valence electrons. The summed E-state index contributed by atoms with van der Waals surface area (Å²) < 4.78 is 31.0. The van der Waals surface area contributed by atoms with Gasteiger partial charge in [-0.2, -0.15) is 0 Å². The lowest BCUT2D eigenvalue weighted by Gasteiger charge is -2.22. The summed E-state index contributed by atoms with van der Waals surface area (Å²) in [7, 11) is -3.49. The van der Waals surface area contributed by atoms with Crippen molar-refractivity contribution in [3.63, 3.8) is 0 Å². The van der Waals surface area contributed by atoms with Crippen LogP contribution < -0.4 is 9.62 Å². The van der Waals surface area contributed by atoms with E-state index in [2.05, 4.69) is 5.32 Å². The summed E-state index contributed by atoms with van der Waals surface area (Å²) in [6.45, 7) is 3.89. The van der Waals surface area contributed by atoms with Crippen molar-refractivity contribution in [2.75, 3.05) is 22.5 Å². The van der Waals surface area contributed by atoms with Gasteiger partial charge in [0.25, 0.3) is 5.91 Å². The van der Waals surface area contributed by atoms with Crippen LogP contribution in [0.25, 0.3) is 0 Å². The minimum absolute atomic E-state index is 0.144. The van der Waals surface area contributed by atoms with Crippen LogP contribution in [0, 0.1) is 6.92 Å². The number of para-hydroxylation sites is 1. The first-order valence-corrected chi connectivity index (χ1v) is 12.3. The Hall–Kier alpha value is -3.65. The fourth-order valence-electron chi connectivity index (χ4n) is 3.32. The van der Waals surface area contributed by atoms with Crippen LogP contribution in [0.5, 0.6) is 0 Å². The molecule has 0 aliphatic heterocycles. The Bertz CT molecular complexity index is 1240. The number of anilines is 2. The van der Waals surface area contributed by atoms with Crippen LogP contribution >= 0.6 is 0 Å². The van der Waals surface area contributed by atoms with Crippen LogP contribution in [-0.2, 0) is 21.3 Å². The molecule has 3 rings (SSSR count). The molecule has 0 unspecified atom stereocenters. The Morgan fingerprint density at radius 1 is 0.939 bits per heavy atom. The molecule has 0 fully saturated rings. The number of ether oxygens (including phenoxy) is 1. The summed E-state index contributed by atoms with van der Waals surface area (Å²) in [6, 6.07) is 20.6. The minimum Gasteiger partial charge on any atom is -0.462 e. The number of rotatable bonds is 8. The van der Waals surface area contributed by atoms with Gasteiger partial charge in [0.2, 0.25) is 10.0 Å². The Kier molecular flexibility index (Phi) is 7.50. The molecule has 0 radical (unpaired) electrons. The maximum atomic E-state index is 12.8. The molecule has 1 amide bonds. The third kappa shape index (κ3) is 5.98. The largest absolute Gasteiger partial charge is 0.462 e. The molecule has 0 heterocycles. The lowest BCUT2D eigenvalue weighted by Crippen LogP contribution is -2.29. The van der Waals surface area contributed by atoms with Crippen molar-refractivity contribution in [3.05, 3.63) is 95.1 Å². The molecular weight excluding hydrogens is 440 g/mol. The number of carbonyl (C=O) groups is 2. The normalized spacial score (nSPS) is 11.0. The number of esters is 1. The highest BCUT2D eigenvalue weighted by Gasteiger charge is 2.18. The van der Waals surface area contributed by atoms with Gasteiger partial charge < -0.3 is 10.1 Å². The van der Waals surface area contributed by atoms with E-state index in [0.717, 1.165) is 11.8 Å². The number of nitrogens with zero attached hydrogens (tertiary/aromatic N) is 1. The first kappa shape index (κ1) is 24.0. The molecule has 0 aliphatic carbocycles. The fourth-order valence-corrected chi connectivity index (χ4v) is 4.21. The van der Waals surface area contributed by atoms with Crippen molar-refractivity contribution in [1.29, 1.82) is 0 Å². The van der Waals surface area contributed by atoms with Gasteiger partial charge in [-0.05, 0) is 61.4 Å². The zero-order valence-corrected chi connectivity index (χ0v) is 19.6. The predicted octanol–water partition coefficient (Wildman–Crippen LogP) is 4.39. The topological polar surface area (TPSA) is 92.8 Å². The van der Waals surface area contributed by atoms with E-state index in [4.69, 9.17) is 4.74 Å². The van der Waals surface area contributed by atoms with Gasteiger partial charge in [0.1, 0.15) is 0 Å². The van der Waals surface area contributed by atoms with Crippen LogP contribution in [-0.4, -0.2) is 33.2 Å². The molecule has 0 saturated heterocycles. The molecule has 0 bridgehead atoms. The van der Waals surface area contributed by atoms with Gasteiger partial charge in [0.15, 0.2) is 0 Å². The highest BCUT2D eigenvalue weighted by atomic mass is 32.2. The molecule has 3 aromatic rings. The number of hydrogen-bond acceptors (Lipinski definition) is 5. The van der Waals surface area contributed by atoms with Crippen molar-refractivity contribution in [2.24, 2.45) is 0 Å². The molecule has 33 heavy (non-hydrogen) atoms. The van der Waals surface area contributed by atoms with Crippen LogP contribution in [0.4, 0.5) is 11.4 Å². The van der Waals surface area contributed by atoms with E-state index in [9.17, 15) is 18.0 Å². The third-order valence-electron chi connectivity index (χ3n) is 5.06. The molecular formula is C25H26N2O5S. The van der Waals surface area contributed by atoms with Gasteiger partial charge in [0.05, 0.1) is 30.7 Å². The van der Waals surface area contributed by atoms with Gasteiger partial charge in [0, 0.05) is 11.3 Å². The maximum Gasteiger partial charge on any atom is 0.338 e. The zero-order valence-electron chi connectivity index (χ0n) is 18.7. The van der Waals surface area contributed by atoms with Gasteiger partial charge in [-0.3, -0.25) is 9.10 Å². The number of carbonyl (C=O) groups excluding carboxylic acids is 2. The van der Waals surface area contributed by atoms with Gasteiger partial charge in [-0.1, -0.05) is 36.4 Å². The summed E-state index contributed by atoms with van der Waals surface area (Å²) in [5.41, 5.74) is 3.24. The average molecular weight is 467 g/mol. The third-order valence-corrected chi connectivity index (χ3v) is 6.20. The first-order valence-electron chi connectivity index (χ1n) is 10.4. The quantitative estimate of drug-likeness (QED) is 0.497. The van der Waals surface area contributed by atoms with Crippen molar-refractivity contribution >= 4 is 33.3 Å². The Labute approximate surface area is 194 Å². The van der Waals surface area contributed by atoms with Gasteiger partial charge >= 0.3 is 5.97 Å². The molecule has 0 aliphatic rings. The average Bonchev–Trinajstić information content (AvgIpc) is 2.79. The Balaban J connectivity index is 1.76. The van der Waals surface area contributed by atoms with Gasteiger partial charge in [-0.15, -0.1) is 0 Å². The summed E-state index contributed by atoms with van der Waals surface area (Å²) in [5.74, 6) is -0.780. The number of amides is 1. The lowest BCUT2D eigenvalue weighted by molar-refractivity contribution is 0.0525. The summed E-state index contributed by atoms with van der Waals surface area (Å²) in [5, 5.41) is 2.82. The SMILES string of the molecule is CCOC(=O)c1cccc(NC(=O)c2ccc(CN(c3ccccc3)S(C)(=O)=O)cc2)c1C. The van der Waals surface area contributed by atoms with E-state index in [1.165, 1.54) is 4.31 Å². The van der Waals surface area contributed by atoms with Crippen LogP contribution in [0.3, 0.4) is 0 Å². The van der Waals surface area contributed by atoms with E-state index in [0.29, 0.717) is 28.1 Å². The van der Waals surface area contributed by atoms with Crippen molar-refractivity contribution in [3.8, 4) is 0 Å². The number of sulfonamides is 1. The van der Waals surface area contributed by atoms with E-state index < -0.39 is 16.0 Å². The van der Waals surface area contributed by atoms with Crippen LogP contribution in [0.2, 0.25) is 0 Å². The van der Waals surface area contributed by atoms with Gasteiger partial charge in [-0.25, -0.2) is 13.2 Å². The minimum atomic E-state index is -3.49. The maximum absolute atomic E-state index is 12.8. The zero-order chi connectivity index (χ0) is 24.0. The highest BCUT2D eigenvalue weighted by Crippen LogP contribution is 2.22. The molecule has 0 atom stereocenters. The molecule has 0 saturated carbocycles. The number of hydrogen-bond donors (Lipinski definition) is 1. The molecule has 8 heteroatoms. The molecule has 3 aromatic carbocycles. The number of nitrogens with one attached hydrogen (secondary N) is 1. The summed E-state index contributed by atoms with van der Waals surface area (Å²) >= 11 is 0. The highest BCUT2D eigenvalue weighted by molar-refractivity contribution is 7.92. The van der Waals surface area contributed by atoms with E-state index in [1.807, 2.05) is 6.07 Å². The second-order valence-electron chi connectivity index (χ2n) is 7.45. The standard InChI is InChI=1S/C25H26N2O5S/c1-4-32-25(29)22-11-8-12-23(18(22)2)26-24(28)20-15-13-19(14-16-20)17-27(33(3,30)31)21-9-6-5-7-10-21/h5-16H,4,17H2,1-3H3,(H,26,28). The Morgan fingerprint density at radius 3 is 2.21 bits per heavy atom. The second kappa shape index (κ2) is 10.3. The van der Waals surface area contributed by atoms with Crippen LogP contribution in [0.1, 0.15) is 38.8 Å². The summed E-state index contributed by atoms with van der Waals surface area (Å²) in [4.78, 5) is 24.8. The summed E-state index contributed by atoms with van der Waals surface area (Å²) in [6.07, 6.45) is 1.16. The van der Waals surface area contributed by atoms with Crippen molar-refractivity contribution in [1.82, 2.24) is 0 Å². The number of benzene rings is 3. The van der Waals surface area contributed by atoms with E-state index in [-0.39, 0.29) is 19.1 Å². The van der Waals surface area contributed by atoms with E-state index >= 15 is 0 Å². The molecule has 0 aromatic heterocycles.